The minimum atomic E-state index is -0.612. The van der Waals surface area contributed by atoms with Crippen molar-refractivity contribution in [2.75, 3.05) is 6.61 Å². The molecule has 1 saturated carbocycles. The van der Waals surface area contributed by atoms with Gasteiger partial charge in [-0.25, -0.2) is 9.78 Å². The number of nitrogens with one attached hydrogen (secondary N) is 1. The van der Waals surface area contributed by atoms with E-state index in [1.807, 2.05) is 6.07 Å². The molecule has 0 spiro atoms. The van der Waals surface area contributed by atoms with Gasteiger partial charge in [-0.1, -0.05) is 19.9 Å². The predicted molar refractivity (Wildman–Crippen MR) is 132 cm³/mol. The molecule has 6 nitrogen and oxygen atoms in total. The highest BCUT2D eigenvalue weighted by Gasteiger charge is 2.28. The Morgan fingerprint density at radius 1 is 1.12 bits per heavy atom. The molecule has 7 heteroatoms. The third-order valence-corrected chi connectivity index (χ3v) is 7.64. The van der Waals surface area contributed by atoms with Gasteiger partial charge in [-0.2, -0.15) is 0 Å². The minimum Gasteiger partial charge on any atom is -0.492 e. The van der Waals surface area contributed by atoms with E-state index in [4.69, 9.17) is 9.47 Å². The fraction of sp³-hybridized carbons (Fsp3) is 0.370. The largest absolute Gasteiger partial charge is 0.492 e. The number of pyridine rings is 1. The molecule has 0 saturated heterocycles. The number of amides is 1. The average molecular weight is 477 g/mol. The van der Waals surface area contributed by atoms with Crippen molar-refractivity contribution < 1.29 is 19.1 Å². The van der Waals surface area contributed by atoms with Gasteiger partial charge in [0.05, 0.1) is 6.61 Å². The molecule has 1 aliphatic carbocycles. The smallest absolute Gasteiger partial charge is 0.362 e. The van der Waals surface area contributed by atoms with Gasteiger partial charge in [0, 0.05) is 29.0 Å². The lowest BCUT2D eigenvalue weighted by molar-refractivity contribution is 0.0728. The van der Waals surface area contributed by atoms with E-state index in [1.165, 1.54) is 10.4 Å². The number of fused-ring (bicyclic) bond motifs is 3. The summed E-state index contributed by atoms with van der Waals surface area (Å²) in [6.07, 6.45) is 4.91. The zero-order valence-corrected chi connectivity index (χ0v) is 20.2. The molecule has 1 fully saturated rings. The molecule has 2 aliphatic rings. The van der Waals surface area contributed by atoms with Crippen molar-refractivity contribution >= 4 is 23.2 Å². The van der Waals surface area contributed by atoms with E-state index in [9.17, 15) is 9.59 Å². The lowest BCUT2D eigenvalue weighted by atomic mass is 9.75. The molecule has 34 heavy (non-hydrogen) atoms. The summed E-state index contributed by atoms with van der Waals surface area (Å²) in [4.78, 5) is 31.0. The van der Waals surface area contributed by atoms with Gasteiger partial charge in [0.1, 0.15) is 22.9 Å². The first-order valence-electron chi connectivity index (χ1n) is 11.7. The Morgan fingerprint density at radius 2 is 1.91 bits per heavy atom. The predicted octanol–water partition coefficient (Wildman–Crippen LogP) is 5.66. The molecule has 0 radical (unpaired) electrons. The highest BCUT2D eigenvalue weighted by Crippen LogP contribution is 2.40. The minimum absolute atomic E-state index is 0.0915. The Balaban J connectivity index is 1.27. The molecule has 5 rings (SSSR count). The average Bonchev–Trinajstić information content (AvgIpc) is 3.22. The molecule has 3 aromatic rings. The summed E-state index contributed by atoms with van der Waals surface area (Å²) in [6, 6.07) is 12.5. The van der Waals surface area contributed by atoms with E-state index in [1.54, 1.807) is 41.7 Å². The standard InChI is InChI=1S/C27H28N2O4S/c1-27(2)12-8-18(9-13-27)28-25(30)21-4-3-5-22(29-21)26(31)33-19-6-7-20-23(16-19)32-14-10-17-11-15-34-24(17)20/h3-7,11,15-16,18H,8-10,12-14H2,1-2H3,(H,28,30). The van der Waals surface area contributed by atoms with Crippen LogP contribution in [0.15, 0.2) is 47.8 Å². The second-order valence-corrected chi connectivity index (χ2v) is 10.7. The number of esters is 1. The van der Waals surface area contributed by atoms with E-state index in [0.29, 0.717) is 23.5 Å². The third kappa shape index (κ3) is 4.85. The quantitative estimate of drug-likeness (QED) is 0.388. The Bertz CT molecular complexity index is 1220. The van der Waals surface area contributed by atoms with Crippen LogP contribution in [0.4, 0.5) is 0 Å². The summed E-state index contributed by atoms with van der Waals surface area (Å²) < 4.78 is 11.5. The van der Waals surface area contributed by atoms with Crippen LogP contribution < -0.4 is 14.8 Å². The van der Waals surface area contributed by atoms with Crippen molar-refractivity contribution in [3.05, 3.63) is 64.8 Å². The molecule has 176 valence electrons. The lowest BCUT2D eigenvalue weighted by Gasteiger charge is -2.34. The second-order valence-electron chi connectivity index (χ2n) is 9.74. The van der Waals surface area contributed by atoms with Crippen LogP contribution in [0.5, 0.6) is 11.5 Å². The summed E-state index contributed by atoms with van der Waals surface area (Å²) in [5.74, 6) is 0.206. The highest BCUT2D eigenvalue weighted by molar-refractivity contribution is 7.13. The molecule has 2 aromatic heterocycles. The van der Waals surface area contributed by atoms with Crippen molar-refractivity contribution in [1.82, 2.24) is 10.3 Å². The van der Waals surface area contributed by atoms with Crippen LogP contribution in [-0.4, -0.2) is 29.5 Å². The molecular weight excluding hydrogens is 448 g/mol. The number of hydrogen-bond acceptors (Lipinski definition) is 6. The van der Waals surface area contributed by atoms with Crippen LogP contribution >= 0.6 is 11.3 Å². The van der Waals surface area contributed by atoms with Gasteiger partial charge in [-0.3, -0.25) is 4.79 Å². The van der Waals surface area contributed by atoms with E-state index < -0.39 is 5.97 Å². The molecular formula is C27H28N2O4S. The van der Waals surface area contributed by atoms with Gasteiger partial charge < -0.3 is 14.8 Å². The van der Waals surface area contributed by atoms with Gasteiger partial charge in [0.15, 0.2) is 0 Å². The second kappa shape index (κ2) is 9.22. The fourth-order valence-corrected chi connectivity index (χ4v) is 5.54. The van der Waals surface area contributed by atoms with Crippen molar-refractivity contribution in [3.63, 3.8) is 0 Å². The number of benzene rings is 1. The Labute approximate surface area is 203 Å². The van der Waals surface area contributed by atoms with Crippen LogP contribution in [0.3, 0.4) is 0 Å². The number of nitrogens with zero attached hydrogens (tertiary/aromatic N) is 1. The zero-order chi connectivity index (χ0) is 23.7. The fourth-order valence-electron chi connectivity index (χ4n) is 4.55. The number of rotatable bonds is 4. The molecule has 1 aromatic carbocycles. The first-order valence-corrected chi connectivity index (χ1v) is 12.6. The molecule has 1 aliphatic heterocycles. The third-order valence-electron chi connectivity index (χ3n) is 6.65. The van der Waals surface area contributed by atoms with Gasteiger partial charge in [0.2, 0.25) is 0 Å². The highest BCUT2D eigenvalue weighted by atomic mass is 32.1. The van der Waals surface area contributed by atoms with Crippen molar-refractivity contribution in [2.45, 2.75) is 52.0 Å². The maximum atomic E-state index is 12.8. The molecule has 1 N–H and O–H groups in total. The summed E-state index contributed by atoms with van der Waals surface area (Å²) in [6.45, 7) is 5.10. The van der Waals surface area contributed by atoms with Crippen LogP contribution in [-0.2, 0) is 6.42 Å². The number of carbonyl (C=O) groups excluding carboxylic acids is 2. The van der Waals surface area contributed by atoms with E-state index in [0.717, 1.165) is 37.7 Å². The van der Waals surface area contributed by atoms with Crippen LogP contribution in [0.25, 0.3) is 10.4 Å². The summed E-state index contributed by atoms with van der Waals surface area (Å²) in [5.41, 5.74) is 2.91. The van der Waals surface area contributed by atoms with Crippen molar-refractivity contribution in [2.24, 2.45) is 5.41 Å². The Kier molecular flexibility index (Phi) is 6.13. The zero-order valence-electron chi connectivity index (χ0n) is 19.4. The van der Waals surface area contributed by atoms with Crippen molar-refractivity contribution in [1.29, 1.82) is 0 Å². The van der Waals surface area contributed by atoms with E-state index in [2.05, 4.69) is 35.6 Å². The summed E-state index contributed by atoms with van der Waals surface area (Å²) >= 11 is 1.68. The molecule has 0 atom stereocenters. The first-order chi connectivity index (χ1) is 16.4. The topological polar surface area (TPSA) is 77.5 Å². The van der Waals surface area contributed by atoms with E-state index >= 15 is 0 Å². The number of ether oxygens (including phenoxy) is 2. The van der Waals surface area contributed by atoms with Gasteiger partial charge >= 0.3 is 5.97 Å². The number of aromatic nitrogens is 1. The van der Waals surface area contributed by atoms with Gasteiger partial charge in [-0.15, -0.1) is 11.3 Å². The monoisotopic (exact) mass is 476 g/mol. The van der Waals surface area contributed by atoms with Crippen molar-refractivity contribution in [3.8, 4) is 21.9 Å². The molecule has 0 bridgehead atoms. The summed E-state index contributed by atoms with van der Waals surface area (Å²) in [7, 11) is 0. The first kappa shape index (κ1) is 22.6. The molecule has 0 unspecified atom stereocenters. The van der Waals surface area contributed by atoms with Gasteiger partial charge in [0.25, 0.3) is 5.91 Å². The number of thiophene rings is 1. The van der Waals surface area contributed by atoms with Gasteiger partial charge in [-0.05, 0) is 72.4 Å². The number of hydrogen-bond donors (Lipinski definition) is 1. The lowest BCUT2D eigenvalue weighted by Crippen LogP contribution is -2.39. The summed E-state index contributed by atoms with van der Waals surface area (Å²) in [5, 5.41) is 5.15. The normalized spacial score (nSPS) is 17.0. The van der Waals surface area contributed by atoms with Crippen LogP contribution in [0.1, 0.15) is 66.1 Å². The molecule has 3 heterocycles. The Morgan fingerprint density at radius 3 is 2.74 bits per heavy atom. The van der Waals surface area contributed by atoms with Crippen LogP contribution in [0, 0.1) is 5.41 Å². The van der Waals surface area contributed by atoms with Crippen LogP contribution in [0.2, 0.25) is 0 Å². The maximum Gasteiger partial charge on any atom is 0.362 e. The van der Waals surface area contributed by atoms with E-state index in [-0.39, 0.29) is 23.3 Å². The maximum absolute atomic E-state index is 12.8. The molecule has 1 amide bonds. The Hall–Kier alpha value is -3.19. The SMILES string of the molecule is CC1(C)CCC(NC(=O)c2cccc(C(=O)Oc3ccc4c(c3)OCCc3ccsc3-4)n2)CC1. The number of carbonyl (C=O) groups is 2.